The number of rotatable bonds is 4. The number of piperazine rings is 1. The fourth-order valence-electron chi connectivity index (χ4n) is 2.13. The summed E-state index contributed by atoms with van der Waals surface area (Å²) >= 11 is 3.53. The highest BCUT2D eigenvalue weighted by molar-refractivity contribution is 9.10. The normalized spacial score (nSPS) is 16.6. The van der Waals surface area contributed by atoms with Crippen molar-refractivity contribution in [2.45, 2.75) is 0 Å². The zero-order valence-corrected chi connectivity index (χ0v) is 12.5. The molecule has 0 aromatic heterocycles. The van der Waals surface area contributed by atoms with E-state index in [0.717, 1.165) is 43.1 Å². The van der Waals surface area contributed by atoms with Gasteiger partial charge in [0.25, 0.3) is 0 Å². The van der Waals surface area contributed by atoms with Crippen molar-refractivity contribution in [2.75, 3.05) is 51.9 Å². The van der Waals surface area contributed by atoms with E-state index in [1.165, 1.54) is 5.69 Å². The van der Waals surface area contributed by atoms with Crippen molar-refractivity contribution in [3.63, 3.8) is 0 Å². The Morgan fingerprint density at radius 2 is 2.11 bits per heavy atom. The molecule has 2 rings (SSSR count). The number of benzene rings is 1. The summed E-state index contributed by atoms with van der Waals surface area (Å²) in [6, 6.07) is 6.18. The largest absolute Gasteiger partial charge is 0.496 e. The van der Waals surface area contributed by atoms with Crippen LogP contribution in [0.25, 0.3) is 0 Å². The predicted molar refractivity (Wildman–Crippen MR) is 78.4 cm³/mol. The summed E-state index contributed by atoms with van der Waals surface area (Å²) in [4.78, 5) is 4.71. The molecule has 5 heteroatoms. The van der Waals surface area contributed by atoms with E-state index in [1.807, 2.05) is 6.07 Å². The lowest BCUT2D eigenvalue weighted by Gasteiger charge is -2.32. The van der Waals surface area contributed by atoms with Gasteiger partial charge in [-0.05, 0) is 34.1 Å². The maximum absolute atomic E-state index is 5.25. The predicted octanol–water partition coefficient (Wildman–Crippen LogP) is 1.76. The molecule has 0 atom stereocenters. The van der Waals surface area contributed by atoms with Crippen LogP contribution in [0.4, 0.5) is 5.69 Å². The highest BCUT2D eigenvalue weighted by Crippen LogP contribution is 2.29. The van der Waals surface area contributed by atoms with Crippen LogP contribution in [0, 0.1) is 0 Å². The Kier molecular flexibility index (Phi) is 4.86. The zero-order chi connectivity index (χ0) is 13.0. The van der Waals surface area contributed by atoms with Crippen molar-refractivity contribution in [1.29, 1.82) is 0 Å². The molecule has 0 spiro atoms. The summed E-state index contributed by atoms with van der Waals surface area (Å²) in [6.07, 6.45) is 0. The van der Waals surface area contributed by atoms with Crippen LogP contribution in [0.1, 0.15) is 0 Å². The average molecular weight is 314 g/mol. The van der Waals surface area contributed by atoms with Crippen molar-refractivity contribution in [2.24, 2.45) is 0 Å². The number of ether oxygens (including phenoxy) is 1. The smallest absolute Gasteiger partial charge is 0.133 e. The van der Waals surface area contributed by atoms with Gasteiger partial charge in [0.1, 0.15) is 5.75 Å². The van der Waals surface area contributed by atoms with E-state index >= 15 is 0 Å². The quantitative estimate of drug-likeness (QED) is 0.916. The van der Waals surface area contributed by atoms with E-state index in [9.17, 15) is 0 Å². The summed E-state index contributed by atoms with van der Waals surface area (Å²) in [5.74, 6) is 0.870. The van der Waals surface area contributed by atoms with Crippen molar-refractivity contribution in [3.8, 4) is 5.75 Å². The van der Waals surface area contributed by atoms with E-state index in [4.69, 9.17) is 4.74 Å². The molecule has 0 amide bonds. The second-order valence-corrected chi connectivity index (χ2v) is 5.38. The lowest BCUT2D eigenvalue weighted by atomic mass is 10.3. The van der Waals surface area contributed by atoms with Gasteiger partial charge in [0.2, 0.25) is 0 Å². The van der Waals surface area contributed by atoms with Crippen LogP contribution >= 0.6 is 15.9 Å². The van der Waals surface area contributed by atoms with Crippen LogP contribution in [0.15, 0.2) is 22.7 Å². The lowest BCUT2D eigenvalue weighted by Crippen LogP contribution is -2.47. The fraction of sp³-hybridized carbons (Fsp3) is 0.538. The van der Waals surface area contributed by atoms with Gasteiger partial charge in [0.05, 0.1) is 18.3 Å². The van der Waals surface area contributed by atoms with Gasteiger partial charge in [-0.15, -0.1) is 0 Å². The molecule has 0 unspecified atom stereocenters. The molecule has 0 radical (unpaired) electrons. The highest BCUT2D eigenvalue weighted by atomic mass is 79.9. The van der Waals surface area contributed by atoms with Gasteiger partial charge in [-0.1, -0.05) is 0 Å². The van der Waals surface area contributed by atoms with Crippen molar-refractivity contribution >= 4 is 21.6 Å². The number of anilines is 1. The Balaban J connectivity index is 1.99. The second kappa shape index (κ2) is 6.41. The number of hydrogen-bond acceptors (Lipinski definition) is 4. The Bertz CT molecular complexity index is 394. The first-order valence-electron chi connectivity index (χ1n) is 6.18. The third kappa shape index (κ3) is 3.37. The number of hydrogen-bond donors (Lipinski definition) is 1. The van der Waals surface area contributed by atoms with Crippen molar-refractivity contribution < 1.29 is 4.74 Å². The molecule has 18 heavy (non-hydrogen) atoms. The van der Waals surface area contributed by atoms with Crippen LogP contribution in [0.5, 0.6) is 5.75 Å². The molecule has 100 valence electrons. The van der Waals surface area contributed by atoms with Crippen LogP contribution in [-0.2, 0) is 0 Å². The van der Waals surface area contributed by atoms with E-state index in [2.05, 4.69) is 50.2 Å². The molecule has 1 saturated heterocycles. The Labute approximate surface area is 117 Å². The molecule has 0 bridgehead atoms. The molecule has 1 fully saturated rings. The first-order chi connectivity index (χ1) is 8.70. The van der Waals surface area contributed by atoms with E-state index in [-0.39, 0.29) is 0 Å². The molecule has 1 aromatic rings. The molecule has 1 aromatic carbocycles. The van der Waals surface area contributed by atoms with E-state index < -0.39 is 0 Å². The van der Waals surface area contributed by atoms with E-state index in [0.29, 0.717) is 0 Å². The molecule has 1 aliphatic rings. The van der Waals surface area contributed by atoms with Gasteiger partial charge in [-0.2, -0.15) is 0 Å². The molecule has 1 heterocycles. The minimum absolute atomic E-state index is 0.870. The van der Waals surface area contributed by atoms with Gasteiger partial charge in [0, 0.05) is 38.9 Å². The van der Waals surface area contributed by atoms with Gasteiger partial charge in [0.15, 0.2) is 0 Å². The molecule has 4 nitrogen and oxygen atoms in total. The maximum Gasteiger partial charge on any atom is 0.133 e. The van der Waals surface area contributed by atoms with Gasteiger partial charge >= 0.3 is 0 Å². The topological polar surface area (TPSA) is 27.7 Å². The molecule has 1 N–H and O–H groups in total. The molecule has 1 aliphatic heterocycles. The maximum atomic E-state index is 5.25. The molecule has 0 aliphatic carbocycles. The zero-order valence-electron chi connectivity index (χ0n) is 10.9. The van der Waals surface area contributed by atoms with Crippen LogP contribution in [0.2, 0.25) is 0 Å². The van der Waals surface area contributed by atoms with Gasteiger partial charge in [-0.3, -0.25) is 4.90 Å². The minimum atomic E-state index is 0.870. The standard InChI is InChI=1S/C13H20BrN3O/c1-16(10-17-7-5-15-6-8-17)11-3-4-13(18-2)12(14)9-11/h3-4,9,15H,5-8,10H2,1-2H3. The monoisotopic (exact) mass is 313 g/mol. The Morgan fingerprint density at radius 1 is 1.39 bits per heavy atom. The highest BCUT2D eigenvalue weighted by Gasteiger charge is 2.12. The second-order valence-electron chi connectivity index (χ2n) is 4.53. The summed E-state index contributed by atoms with van der Waals surface area (Å²) in [7, 11) is 3.81. The minimum Gasteiger partial charge on any atom is -0.496 e. The summed E-state index contributed by atoms with van der Waals surface area (Å²) in [5.41, 5.74) is 1.20. The Hall–Kier alpha value is -0.780. The van der Waals surface area contributed by atoms with Crippen LogP contribution in [-0.4, -0.2) is 51.9 Å². The number of methoxy groups -OCH3 is 1. The fourth-order valence-corrected chi connectivity index (χ4v) is 2.66. The number of nitrogens with zero attached hydrogens (tertiary/aromatic N) is 2. The van der Waals surface area contributed by atoms with Crippen molar-refractivity contribution in [1.82, 2.24) is 10.2 Å². The van der Waals surface area contributed by atoms with Gasteiger partial charge in [-0.25, -0.2) is 0 Å². The SMILES string of the molecule is COc1ccc(N(C)CN2CCNCC2)cc1Br. The summed E-state index contributed by atoms with van der Waals surface area (Å²) in [6.45, 7) is 5.35. The van der Waals surface area contributed by atoms with Crippen LogP contribution < -0.4 is 15.0 Å². The van der Waals surface area contributed by atoms with Crippen LogP contribution in [0.3, 0.4) is 0 Å². The first kappa shape index (κ1) is 13.6. The summed E-state index contributed by atoms with van der Waals surface area (Å²) in [5, 5.41) is 3.37. The summed E-state index contributed by atoms with van der Waals surface area (Å²) < 4.78 is 6.24. The lowest BCUT2D eigenvalue weighted by molar-refractivity contribution is 0.243. The average Bonchev–Trinajstić information content (AvgIpc) is 2.39. The van der Waals surface area contributed by atoms with Gasteiger partial charge < -0.3 is 15.0 Å². The molecular formula is C13H20BrN3O. The number of halogens is 1. The number of nitrogens with one attached hydrogen (secondary N) is 1. The third-order valence-electron chi connectivity index (χ3n) is 3.20. The van der Waals surface area contributed by atoms with Crippen molar-refractivity contribution in [3.05, 3.63) is 22.7 Å². The molecular weight excluding hydrogens is 294 g/mol. The molecule has 0 saturated carbocycles. The van der Waals surface area contributed by atoms with E-state index in [1.54, 1.807) is 7.11 Å². The third-order valence-corrected chi connectivity index (χ3v) is 3.82. The Morgan fingerprint density at radius 3 is 2.72 bits per heavy atom. The first-order valence-corrected chi connectivity index (χ1v) is 6.98.